The van der Waals surface area contributed by atoms with Gasteiger partial charge in [-0.1, -0.05) is 38.3 Å². The number of nitrogens with zero attached hydrogens (tertiary/aromatic N) is 2. The zero-order chi connectivity index (χ0) is 17.4. The SMILES string of the molecule is CCC1(Cc2nc(-c3ccc(N)cc3)cnc2N)CC2CCC(C2)C1. The molecule has 2 unspecified atom stereocenters. The van der Waals surface area contributed by atoms with E-state index in [1.807, 2.05) is 24.3 Å². The second-order valence-corrected chi connectivity index (χ2v) is 8.19. The summed E-state index contributed by atoms with van der Waals surface area (Å²) in [7, 11) is 0. The normalized spacial score (nSPS) is 28.2. The number of fused-ring (bicyclic) bond motifs is 2. The van der Waals surface area contributed by atoms with E-state index in [1.165, 1.54) is 38.5 Å². The summed E-state index contributed by atoms with van der Waals surface area (Å²) >= 11 is 0. The van der Waals surface area contributed by atoms with Crippen molar-refractivity contribution < 1.29 is 0 Å². The van der Waals surface area contributed by atoms with Gasteiger partial charge in [0.2, 0.25) is 0 Å². The van der Waals surface area contributed by atoms with Gasteiger partial charge in [0.1, 0.15) is 5.82 Å². The molecule has 4 heteroatoms. The molecule has 2 aliphatic rings. The molecule has 2 aromatic rings. The van der Waals surface area contributed by atoms with Crippen molar-refractivity contribution >= 4 is 11.5 Å². The largest absolute Gasteiger partial charge is 0.399 e. The van der Waals surface area contributed by atoms with Crippen LogP contribution in [0.25, 0.3) is 11.3 Å². The predicted octanol–water partition coefficient (Wildman–Crippen LogP) is 4.46. The van der Waals surface area contributed by atoms with Gasteiger partial charge in [-0.3, -0.25) is 0 Å². The van der Waals surface area contributed by atoms with Crippen LogP contribution in [0.2, 0.25) is 0 Å². The quantitative estimate of drug-likeness (QED) is 0.808. The third-order valence-corrected chi connectivity index (χ3v) is 6.47. The van der Waals surface area contributed by atoms with Crippen LogP contribution in [0.5, 0.6) is 0 Å². The maximum absolute atomic E-state index is 6.21. The molecule has 2 fully saturated rings. The van der Waals surface area contributed by atoms with Gasteiger partial charge in [-0.15, -0.1) is 0 Å². The monoisotopic (exact) mass is 336 g/mol. The first-order valence-electron chi connectivity index (χ1n) is 9.54. The van der Waals surface area contributed by atoms with Crippen LogP contribution in [0, 0.1) is 17.3 Å². The van der Waals surface area contributed by atoms with Crippen LogP contribution in [0.1, 0.15) is 51.1 Å². The molecular weight excluding hydrogens is 308 g/mol. The van der Waals surface area contributed by atoms with E-state index in [4.69, 9.17) is 16.5 Å². The fourth-order valence-corrected chi connectivity index (χ4v) is 5.13. The second kappa shape index (κ2) is 6.32. The fraction of sp³-hybridized carbons (Fsp3) is 0.524. The van der Waals surface area contributed by atoms with E-state index < -0.39 is 0 Å². The van der Waals surface area contributed by atoms with Crippen LogP contribution in [0.4, 0.5) is 11.5 Å². The summed E-state index contributed by atoms with van der Waals surface area (Å²) in [6.07, 6.45) is 10.9. The highest BCUT2D eigenvalue weighted by atomic mass is 14.9. The van der Waals surface area contributed by atoms with Crippen LogP contribution in [-0.2, 0) is 6.42 Å². The van der Waals surface area contributed by atoms with Crippen molar-refractivity contribution in [1.29, 1.82) is 0 Å². The molecule has 0 spiro atoms. The van der Waals surface area contributed by atoms with Gasteiger partial charge in [0.15, 0.2) is 0 Å². The molecule has 132 valence electrons. The van der Waals surface area contributed by atoms with Gasteiger partial charge < -0.3 is 11.5 Å². The molecule has 1 aromatic carbocycles. The Morgan fingerprint density at radius 2 is 1.76 bits per heavy atom. The second-order valence-electron chi connectivity index (χ2n) is 8.19. The smallest absolute Gasteiger partial charge is 0.145 e. The summed E-state index contributed by atoms with van der Waals surface area (Å²) in [6.45, 7) is 2.33. The number of benzene rings is 1. The summed E-state index contributed by atoms with van der Waals surface area (Å²) in [5, 5.41) is 0. The van der Waals surface area contributed by atoms with Gasteiger partial charge in [0.25, 0.3) is 0 Å². The Kier molecular flexibility index (Phi) is 4.14. The predicted molar refractivity (Wildman–Crippen MR) is 103 cm³/mol. The van der Waals surface area contributed by atoms with Crippen molar-refractivity contribution in [2.45, 2.75) is 51.9 Å². The van der Waals surface area contributed by atoms with E-state index in [0.717, 1.165) is 40.9 Å². The molecule has 0 saturated heterocycles. The van der Waals surface area contributed by atoms with Crippen LogP contribution >= 0.6 is 0 Å². The molecule has 2 saturated carbocycles. The minimum atomic E-state index is 0.354. The van der Waals surface area contributed by atoms with Gasteiger partial charge in [-0.2, -0.15) is 0 Å². The van der Waals surface area contributed by atoms with Crippen molar-refractivity contribution in [1.82, 2.24) is 9.97 Å². The number of hydrogen-bond donors (Lipinski definition) is 2. The lowest BCUT2D eigenvalue weighted by atomic mass is 9.65. The zero-order valence-corrected chi connectivity index (χ0v) is 15.0. The standard InChI is InChI=1S/C21H28N4/c1-2-21(10-14-3-4-15(9-14)11-21)12-18-20(23)24-13-19(25-18)16-5-7-17(22)8-6-16/h5-8,13-15H,2-4,9-12,22H2,1H3,(H2,23,24). The van der Waals surface area contributed by atoms with E-state index in [0.29, 0.717) is 11.2 Å². The van der Waals surface area contributed by atoms with Crippen molar-refractivity contribution in [3.8, 4) is 11.3 Å². The Morgan fingerprint density at radius 1 is 1.08 bits per heavy atom. The van der Waals surface area contributed by atoms with E-state index in [9.17, 15) is 0 Å². The lowest BCUT2D eigenvalue weighted by Crippen LogP contribution is -2.32. The average molecular weight is 336 g/mol. The third-order valence-electron chi connectivity index (χ3n) is 6.47. The van der Waals surface area contributed by atoms with Crippen molar-refractivity contribution in [2.75, 3.05) is 11.5 Å². The zero-order valence-electron chi connectivity index (χ0n) is 15.0. The number of hydrogen-bond acceptors (Lipinski definition) is 4. The molecule has 0 aliphatic heterocycles. The minimum absolute atomic E-state index is 0.354. The molecular formula is C21H28N4. The van der Waals surface area contributed by atoms with Gasteiger partial charge in [0, 0.05) is 11.3 Å². The first-order chi connectivity index (χ1) is 12.1. The van der Waals surface area contributed by atoms with Crippen LogP contribution in [0.3, 0.4) is 0 Å². The molecule has 25 heavy (non-hydrogen) atoms. The molecule has 4 rings (SSSR count). The van der Waals surface area contributed by atoms with Gasteiger partial charge in [-0.25, -0.2) is 9.97 Å². The van der Waals surface area contributed by atoms with E-state index in [2.05, 4.69) is 11.9 Å². The molecule has 1 heterocycles. The maximum Gasteiger partial charge on any atom is 0.145 e. The molecule has 0 amide bonds. The average Bonchev–Trinajstić information content (AvgIpc) is 2.97. The summed E-state index contributed by atoms with van der Waals surface area (Å²) in [5.74, 6) is 2.41. The van der Waals surface area contributed by atoms with Crippen molar-refractivity contribution in [2.24, 2.45) is 17.3 Å². The molecule has 0 radical (unpaired) electrons. The van der Waals surface area contributed by atoms with Crippen molar-refractivity contribution in [3.05, 3.63) is 36.2 Å². The van der Waals surface area contributed by atoms with Gasteiger partial charge >= 0.3 is 0 Å². The Morgan fingerprint density at radius 3 is 2.40 bits per heavy atom. The number of anilines is 2. The van der Waals surface area contributed by atoms with Gasteiger partial charge in [0.05, 0.1) is 17.6 Å². The molecule has 2 bridgehead atoms. The fourth-order valence-electron chi connectivity index (χ4n) is 5.13. The molecule has 4 nitrogen and oxygen atoms in total. The highest BCUT2D eigenvalue weighted by Gasteiger charge is 2.43. The Labute approximate surface area is 150 Å². The molecule has 2 aliphatic carbocycles. The number of nitrogen functional groups attached to an aromatic ring is 2. The first kappa shape index (κ1) is 16.4. The highest BCUT2D eigenvalue weighted by molar-refractivity contribution is 5.62. The third kappa shape index (κ3) is 3.22. The lowest BCUT2D eigenvalue weighted by Gasteiger charge is -2.40. The topological polar surface area (TPSA) is 77.8 Å². The van der Waals surface area contributed by atoms with E-state index in [-0.39, 0.29) is 0 Å². The lowest BCUT2D eigenvalue weighted by molar-refractivity contribution is 0.123. The van der Waals surface area contributed by atoms with Gasteiger partial charge in [-0.05, 0) is 55.1 Å². The maximum atomic E-state index is 6.21. The number of nitrogens with two attached hydrogens (primary N) is 2. The van der Waals surface area contributed by atoms with E-state index >= 15 is 0 Å². The van der Waals surface area contributed by atoms with Crippen molar-refractivity contribution in [3.63, 3.8) is 0 Å². The summed E-state index contributed by atoms with van der Waals surface area (Å²) < 4.78 is 0. The number of rotatable bonds is 4. The summed E-state index contributed by atoms with van der Waals surface area (Å²) in [5.41, 5.74) is 16.0. The Bertz CT molecular complexity index is 741. The Balaban J connectivity index is 1.63. The van der Waals surface area contributed by atoms with Crippen LogP contribution < -0.4 is 11.5 Å². The first-order valence-corrected chi connectivity index (χ1v) is 9.54. The minimum Gasteiger partial charge on any atom is -0.399 e. The Hall–Kier alpha value is -2.10. The summed E-state index contributed by atoms with van der Waals surface area (Å²) in [4.78, 5) is 9.35. The highest BCUT2D eigenvalue weighted by Crippen LogP contribution is 2.53. The van der Waals surface area contributed by atoms with Crippen LogP contribution in [0.15, 0.2) is 30.5 Å². The number of aromatic nitrogens is 2. The van der Waals surface area contributed by atoms with Crippen LogP contribution in [-0.4, -0.2) is 9.97 Å². The van der Waals surface area contributed by atoms with E-state index in [1.54, 1.807) is 6.20 Å². The molecule has 1 aromatic heterocycles. The summed E-state index contributed by atoms with van der Waals surface area (Å²) in [6, 6.07) is 7.80. The molecule has 2 atom stereocenters. The molecule has 4 N–H and O–H groups in total.